The molecule has 25 heavy (non-hydrogen) atoms. The molecule has 0 spiro atoms. The minimum atomic E-state index is -0.190. The van der Waals surface area contributed by atoms with Crippen molar-refractivity contribution in [3.63, 3.8) is 0 Å². The fourth-order valence-corrected chi connectivity index (χ4v) is 2.29. The summed E-state index contributed by atoms with van der Waals surface area (Å²) in [6.45, 7) is 4.30. The second kappa shape index (κ2) is 9.47. The first-order valence-electron chi connectivity index (χ1n) is 8.50. The Morgan fingerprint density at radius 3 is 2.04 bits per heavy atom. The summed E-state index contributed by atoms with van der Waals surface area (Å²) in [6, 6.07) is 14.1. The van der Waals surface area contributed by atoms with Crippen LogP contribution in [-0.2, 0) is 4.79 Å². The van der Waals surface area contributed by atoms with Gasteiger partial charge in [0.25, 0.3) is 5.91 Å². The lowest BCUT2D eigenvalue weighted by molar-refractivity contribution is -0.114. The molecule has 5 nitrogen and oxygen atoms in total. The molecule has 2 aromatic rings. The number of carbonyl (C=O) groups is 2. The average Bonchev–Trinajstić information content (AvgIpc) is 2.60. The highest BCUT2D eigenvalue weighted by atomic mass is 16.5. The van der Waals surface area contributed by atoms with E-state index < -0.39 is 0 Å². The van der Waals surface area contributed by atoms with E-state index >= 15 is 0 Å². The van der Waals surface area contributed by atoms with Crippen LogP contribution < -0.4 is 15.4 Å². The van der Waals surface area contributed by atoms with Crippen LogP contribution in [0.25, 0.3) is 0 Å². The van der Waals surface area contributed by atoms with E-state index in [4.69, 9.17) is 4.74 Å². The van der Waals surface area contributed by atoms with Gasteiger partial charge in [0.15, 0.2) is 0 Å². The van der Waals surface area contributed by atoms with Gasteiger partial charge in [0, 0.05) is 23.9 Å². The van der Waals surface area contributed by atoms with Crippen molar-refractivity contribution >= 4 is 23.2 Å². The maximum atomic E-state index is 12.3. The van der Waals surface area contributed by atoms with Crippen molar-refractivity contribution < 1.29 is 14.3 Å². The Kier molecular flexibility index (Phi) is 7.01. The number of ether oxygens (including phenoxy) is 1. The molecule has 0 atom stereocenters. The van der Waals surface area contributed by atoms with Gasteiger partial charge in [0.2, 0.25) is 5.91 Å². The Bertz CT molecular complexity index is 694. The summed E-state index contributed by atoms with van der Waals surface area (Å²) < 4.78 is 5.64. The lowest BCUT2D eigenvalue weighted by Crippen LogP contribution is -2.12. The van der Waals surface area contributed by atoms with Crippen LogP contribution in [0.3, 0.4) is 0 Å². The zero-order valence-corrected chi connectivity index (χ0v) is 14.7. The molecule has 0 aliphatic heterocycles. The van der Waals surface area contributed by atoms with E-state index in [9.17, 15) is 9.59 Å². The lowest BCUT2D eigenvalue weighted by Gasteiger charge is -2.09. The van der Waals surface area contributed by atoms with Crippen LogP contribution in [0.1, 0.15) is 43.5 Å². The van der Waals surface area contributed by atoms with E-state index in [0.29, 0.717) is 23.5 Å². The van der Waals surface area contributed by atoms with Gasteiger partial charge in [-0.2, -0.15) is 0 Å². The van der Waals surface area contributed by atoms with Crippen molar-refractivity contribution in [3.8, 4) is 5.75 Å². The van der Waals surface area contributed by atoms with E-state index in [1.807, 2.05) is 0 Å². The van der Waals surface area contributed by atoms with Crippen molar-refractivity contribution in [2.75, 3.05) is 17.2 Å². The first-order chi connectivity index (χ1) is 12.1. The number of hydrogen-bond acceptors (Lipinski definition) is 3. The van der Waals surface area contributed by atoms with Gasteiger partial charge < -0.3 is 15.4 Å². The third-order valence-corrected chi connectivity index (χ3v) is 3.60. The average molecular weight is 340 g/mol. The van der Waals surface area contributed by atoms with Gasteiger partial charge in [-0.1, -0.05) is 19.8 Å². The van der Waals surface area contributed by atoms with Crippen LogP contribution in [0.2, 0.25) is 0 Å². The number of carbonyl (C=O) groups excluding carboxylic acids is 2. The van der Waals surface area contributed by atoms with Crippen molar-refractivity contribution in [1.82, 2.24) is 0 Å². The molecule has 0 saturated heterocycles. The van der Waals surface area contributed by atoms with E-state index in [2.05, 4.69) is 17.6 Å². The van der Waals surface area contributed by atoms with Gasteiger partial charge in [-0.3, -0.25) is 9.59 Å². The summed E-state index contributed by atoms with van der Waals surface area (Å²) in [5, 5.41) is 5.51. The van der Waals surface area contributed by atoms with Gasteiger partial charge in [-0.15, -0.1) is 0 Å². The maximum Gasteiger partial charge on any atom is 0.255 e. The molecule has 2 amide bonds. The molecule has 0 fully saturated rings. The molecule has 2 N–H and O–H groups in total. The SMILES string of the molecule is CCCCCOc1ccc(C(=O)Nc2ccc(NC(C)=O)cc2)cc1. The largest absolute Gasteiger partial charge is 0.494 e. The Hall–Kier alpha value is -2.82. The van der Waals surface area contributed by atoms with Crippen LogP contribution in [0, 0.1) is 0 Å². The molecule has 5 heteroatoms. The third-order valence-electron chi connectivity index (χ3n) is 3.60. The summed E-state index contributed by atoms with van der Waals surface area (Å²) in [4.78, 5) is 23.3. The predicted octanol–water partition coefficient (Wildman–Crippen LogP) is 4.47. The second-order valence-electron chi connectivity index (χ2n) is 5.79. The maximum absolute atomic E-state index is 12.3. The monoisotopic (exact) mass is 340 g/mol. The van der Waals surface area contributed by atoms with E-state index in [-0.39, 0.29) is 11.8 Å². The molecule has 0 aromatic heterocycles. The highest BCUT2D eigenvalue weighted by Gasteiger charge is 2.06. The van der Waals surface area contributed by atoms with E-state index in [1.165, 1.54) is 6.92 Å². The third kappa shape index (κ3) is 6.30. The molecular formula is C20H24N2O3. The molecule has 0 aliphatic carbocycles. The lowest BCUT2D eigenvalue weighted by atomic mass is 10.2. The van der Waals surface area contributed by atoms with Crippen LogP contribution in [-0.4, -0.2) is 18.4 Å². The number of hydrogen-bond donors (Lipinski definition) is 2. The van der Waals surface area contributed by atoms with Crippen LogP contribution >= 0.6 is 0 Å². The Morgan fingerprint density at radius 2 is 1.48 bits per heavy atom. The van der Waals surface area contributed by atoms with Gasteiger partial charge in [-0.05, 0) is 55.0 Å². The highest BCUT2D eigenvalue weighted by molar-refractivity contribution is 6.04. The Labute approximate surface area is 148 Å². The summed E-state index contributed by atoms with van der Waals surface area (Å²) in [5.41, 5.74) is 1.92. The smallest absolute Gasteiger partial charge is 0.255 e. The number of nitrogens with one attached hydrogen (secondary N) is 2. The molecule has 0 saturated carbocycles. The van der Waals surface area contributed by atoms with Crippen molar-refractivity contribution in [3.05, 3.63) is 54.1 Å². The predicted molar refractivity (Wildman–Crippen MR) is 100 cm³/mol. The zero-order chi connectivity index (χ0) is 18.1. The molecular weight excluding hydrogens is 316 g/mol. The molecule has 2 aromatic carbocycles. The normalized spacial score (nSPS) is 10.2. The molecule has 0 aliphatic rings. The molecule has 0 radical (unpaired) electrons. The van der Waals surface area contributed by atoms with Crippen LogP contribution in [0.4, 0.5) is 11.4 Å². The fourth-order valence-electron chi connectivity index (χ4n) is 2.29. The van der Waals surface area contributed by atoms with Crippen molar-refractivity contribution in [2.24, 2.45) is 0 Å². The van der Waals surface area contributed by atoms with Crippen LogP contribution in [0.5, 0.6) is 5.75 Å². The number of unbranched alkanes of at least 4 members (excludes halogenated alkanes) is 2. The summed E-state index contributed by atoms with van der Waals surface area (Å²) >= 11 is 0. The molecule has 0 bridgehead atoms. The molecule has 0 unspecified atom stereocenters. The highest BCUT2D eigenvalue weighted by Crippen LogP contribution is 2.17. The number of amides is 2. The first kappa shape index (κ1) is 18.5. The van der Waals surface area contributed by atoms with E-state index in [0.717, 1.165) is 25.0 Å². The Morgan fingerprint density at radius 1 is 0.880 bits per heavy atom. The number of benzene rings is 2. The minimum absolute atomic E-state index is 0.131. The zero-order valence-electron chi connectivity index (χ0n) is 14.7. The first-order valence-corrected chi connectivity index (χ1v) is 8.50. The second-order valence-corrected chi connectivity index (χ2v) is 5.79. The number of anilines is 2. The molecule has 2 rings (SSSR count). The van der Waals surface area contributed by atoms with Gasteiger partial charge in [0.1, 0.15) is 5.75 Å². The van der Waals surface area contributed by atoms with Crippen molar-refractivity contribution in [2.45, 2.75) is 33.1 Å². The van der Waals surface area contributed by atoms with Gasteiger partial charge in [-0.25, -0.2) is 0 Å². The van der Waals surface area contributed by atoms with Gasteiger partial charge in [0.05, 0.1) is 6.61 Å². The summed E-state index contributed by atoms with van der Waals surface area (Å²) in [6.07, 6.45) is 3.35. The molecule has 132 valence electrons. The van der Waals surface area contributed by atoms with Crippen molar-refractivity contribution in [1.29, 1.82) is 0 Å². The summed E-state index contributed by atoms with van der Waals surface area (Å²) in [5.74, 6) is 0.450. The standard InChI is InChI=1S/C20H24N2O3/c1-3-4-5-14-25-19-12-6-16(7-13-19)20(24)22-18-10-8-17(9-11-18)21-15(2)23/h6-13H,3-5,14H2,1-2H3,(H,21,23)(H,22,24). The quantitative estimate of drug-likeness (QED) is 0.697. The fraction of sp³-hybridized carbons (Fsp3) is 0.300. The summed E-state index contributed by atoms with van der Waals surface area (Å²) in [7, 11) is 0. The topological polar surface area (TPSA) is 67.4 Å². The minimum Gasteiger partial charge on any atom is -0.494 e. The van der Waals surface area contributed by atoms with Crippen LogP contribution in [0.15, 0.2) is 48.5 Å². The van der Waals surface area contributed by atoms with Gasteiger partial charge >= 0.3 is 0 Å². The molecule has 0 heterocycles. The number of rotatable bonds is 8. The van der Waals surface area contributed by atoms with E-state index in [1.54, 1.807) is 48.5 Å². The Balaban J connectivity index is 1.88.